The van der Waals surface area contributed by atoms with Gasteiger partial charge >= 0.3 is 6.03 Å². The van der Waals surface area contributed by atoms with Gasteiger partial charge in [0.2, 0.25) is 5.91 Å². The molecule has 1 fully saturated rings. The number of hydrogen-bond donors (Lipinski definition) is 2. The van der Waals surface area contributed by atoms with Crippen LogP contribution in [-0.4, -0.2) is 24.5 Å². The second kappa shape index (κ2) is 7.11. The quantitative estimate of drug-likeness (QED) is 0.875. The van der Waals surface area contributed by atoms with Crippen molar-refractivity contribution in [3.63, 3.8) is 0 Å². The van der Waals surface area contributed by atoms with Gasteiger partial charge < -0.3 is 15.5 Å². The highest BCUT2D eigenvalue weighted by atomic mass is 35.5. The van der Waals surface area contributed by atoms with Crippen LogP contribution in [0.4, 0.5) is 20.6 Å². The predicted molar refractivity (Wildman–Crippen MR) is 95.5 cm³/mol. The molecule has 3 rings (SSSR count). The van der Waals surface area contributed by atoms with Crippen molar-refractivity contribution in [2.75, 3.05) is 16.8 Å². The Balaban J connectivity index is 1.60. The summed E-state index contributed by atoms with van der Waals surface area (Å²) in [6.07, 6.45) is 0.207. The van der Waals surface area contributed by atoms with Gasteiger partial charge in [-0.15, -0.1) is 0 Å². The average molecular weight is 362 g/mol. The molecule has 2 aromatic rings. The number of amides is 3. The minimum absolute atomic E-state index is 0.0750. The molecule has 1 aliphatic rings. The van der Waals surface area contributed by atoms with Crippen LogP contribution in [0.25, 0.3) is 0 Å². The molecule has 1 saturated heterocycles. The third-order valence-electron chi connectivity index (χ3n) is 4.03. The van der Waals surface area contributed by atoms with Crippen LogP contribution in [0.5, 0.6) is 0 Å². The number of halogens is 2. The molecular weight excluding hydrogens is 345 g/mol. The fraction of sp³-hybridized carbons (Fsp3) is 0.222. The fourth-order valence-corrected chi connectivity index (χ4v) is 2.82. The lowest BCUT2D eigenvalue weighted by Crippen LogP contribution is -2.39. The molecule has 0 aliphatic carbocycles. The molecule has 1 aliphatic heterocycles. The van der Waals surface area contributed by atoms with Crippen molar-refractivity contribution in [3.05, 3.63) is 58.9 Å². The standard InChI is InChI=1S/C18H17ClFN3O2/c1-11-2-5-13(8-16(11)20)21-18(25)22-14-9-17(24)23(10-14)15-6-3-12(19)4-7-15/h2-8,14H,9-10H2,1H3,(H2,21,22,25)/t14-/m0/s1. The first-order valence-electron chi connectivity index (χ1n) is 7.82. The van der Waals surface area contributed by atoms with E-state index in [0.29, 0.717) is 22.8 Å². The lowest BCUT2D eigenvalue weighted by molar-refractivity contribution is -0.117. The van der Waals surface area contributed by atoms with Crippen molar-refractivity contribution in [1.82, 2.24) is 5.32 Å². The zero-order valence-electron chi connectivity index (χ0n) is 13.6. The zero-order chi connectivity index (χ0) is 18.0. The van der Waals surface area contributed by atoms with E-state index in [4.69, 9.17) is 11.6 Å². The third-order valence-corrected chi connectivity index (χ3v) is 4.28. The van der Waals surface area contributed by atoms with E-state index in [1.54, 1.807) is 48.2 Å². The smallest absolute Gasteiger partial charge is 0.319 e. The van der Waals surface area contributed by atoms with Gasteiger partial charge in [0.1, 0.15) is 5.82 Å². The maximum absolute atomic E-state index is 13.5. The van der Waals surface area contributed by atoms with Crippen LogP contribution in [0.3, 0.4) is 0 Å². The molecule has 5 nitrogen and oxygen atoms in total. The highest BCUT2D eigenvalue weighted by Gasteiger charge is 2.31. The monoisotopic (exact) mass is 361 g/mol. The van der Waals surface area contributed by atoms with Crippen molar-refractivity contribution in [3.8, 4) is 0 Å². The Labute approximate surface area is 149 Å². The molecule has 130 valence electrons. The summed E-state index contributed by atoms with van der Waals surface area (Å²) in [5.41, 5.74) is 1.60. The van der Waals surface area contributed by atoms with Crippen molar-refractivity contribution in [1.29, 1.82) is 0 Å². The molecule has 7 heteroatoms. The summed E-state index contributed by atoms with van der Waals surface area (Å²) in [6, 6.07) is 10.6. The maximum Gasteiger partial charge on any atom is 0.319 e. The van der Waals surface area contributed by atoms with E-state index in [2.05, 4.69) is 10.6 Å². The maximum atomic E-state index is 13.5. The molecule has 0 radical (unpaired) electrons. The molecule has 1 heterocycles. The third kappa shape index (κ3) is 4.09. The largest absolute Gasteiger partial charge is 0.333 e. The van der Waals surface area contributed by atoms with Gasteiger partial charge in [-0.05, 0) is 48.9 Å². The number of rotatable bonds is 3. The van der Waals surface area contributed by atoms with Crippen molar-refractivity contribution < 1.29 is 14.0 Å². The Morgan fingerprint density at radius 1 is 1.24 bits per heavy atom. The Morgan fingerprint density at radius 3 is 2.64 bits per heavy atom. The summed E-state index contributed by atoms with van der Waals surface area (Å²) in [6.45, 7) is 2.02. The number of aryl methyl sites for hydroxylation is 1. The molecule has 0 unspecified atom stereocenters. The molecule has 2 aromatic carbocycles. The number of hydrogen-bond acceptors (Lipinski definition) is 2. The highest BCUT2D eigenvalue weighted by Crippen LogP contribution is 2.23. The average Bonchev–Trinajstić information content (AvgIpc) is 2.92. The Kier molecular flexibility index (Phi) is 4.90. The first-order valence-corrected chi connectivity index (χ1v) is 8.20. The molecule has 0 spiro atoms. The highest BCUT2D eigenvalue weighted by molar-refractivity contribution is 6.30. The van der Waals surface area contributed by atoms with Crippen LogP contribution in [0, 0.1) is 12.7 Å². The van der Waals surface area contributed by atoms with Gasteiger partial charge in [0.15, 0.2) is 0 Å². The van der Waals surface area contributed by atoms with E-state index < -0.39 is 6.03 Å². The van der Waals surface area contributed by atoms with Gasteiger partial charge in [0.25, 0.3) is 0 Å². The molecule has 25 heavy (non-hydrogen) atoms. The van der Waals surface area contributed by atoms with Gasteiger partial charge in [-0.2, -0.15) is 0 Å². The SMILES string of the molecule is Cc1ccc(NC(=O)N[C@H]2CC(=O)N(c3ccc(Cl)cc3)C2)cc1F. The van der Waals surface area contributed by atoms with Gasteiger partial charge in [0, 0.05) is 29.4 Å². The first kappa shape index (κ1) is 17.2. The molecule has 3 amide bonds. The van der Waals surface area contributed by atoms with E-state index in [0.717, 1.165) is 5.69 Å². The van der Waals surface area contributed by atoms with Crippen LogP contribution < -0.4 is 15.5 Å². The second-order valence-corrected chi connectivity index (χ2v) is 6.38. The summed E-state index contributed by atoms with van der Waals surface area (Å²) in [5, 5.41) is 5.91. The summed E-state index contributed by atoms with van der Waals surface area (Å²) < 4.78 is 13.5. The fourth-order valence-electron chi connectivity index (χ4n) is 2.70. The molecular formula is C18H17ClFN3O2. The van der Waals surface area contributed by atoms with Gasteiger partial charge in [-0.1, -0.05) is 17.7 Å². The predicted octanol–water partition coefficient (Wildman–Crippen LogP) is 3.71. The van der Waals surface area contributed by atoms with Crippen LogP contribution in [-0.2, 0) is 4.79 Å². The minimum Gasteiger partial charge on any atom is -0.333 e. The first-order chi connectivity index (χ1) is 11.9. The molecule has 1 atom stereocenters. The van der Waals surface area contributed by atoms with E-state index in [1.165, 1.54) is 6.07 Å². The molecule has 0 saturated carbocycles. The Morgan fingerprint density at radius 2 is 1.96 bits per heavy atom. The number of benzene rings is 2. The van der Waals surface area contributed by atoms with E-state index in [1.807, 2.05) is 0 Å². The van der Waals surface area contributed by atoms with Crippen molar-refractivity contribution >= 4 is 34.9 Å². The van der Waals surface area contributed by atoms with Gasteiger partial charge in [0.05, 0.1) is 6.04 Å². The summed E-state index contributed by atoms with van der Waals surface area (Å²) >= 11 is 5.85. The Bertz CT molecular complexity index is 810. The lowest BCUT2D eigenvalue weighted by atomic mass is 10.2. The lowest BCUT2D eigenvalue weighted by Gasteiger charge is -2.17. The van der Waals surface area contributed by atoms with Crippen LogP contribution in [0.1, 0.15) is 12.0 Å². The van der Waals surface area contributed by atoms with Crippen LogP contribution in [0.2, 0.25) is 5.02 Å². The van der Waals surface area contributed by atoms with Crippen LogP contribution in [0.15, 0.2) is 42.5 Å². The van der Waals surface area contributed by atoms with Crippen LogP contribution >= 0.6 is 11.6 Å². The number of anilines is 2. The number of carbonyl (C=O) groups is 2. The summed E-state index contributed by atoms with van der Waals surface area (Å²) in [7, 11) is 0. The number of nitrogens with zero attached hydrogens (tertiary/aromatic N) is 1. The van der Waals surface area contributed by atoms with E-state index in [-0.39, 0.29) is 24.2 Å². The van der Waals surface area contributed by atoms with Crippen molar-refractivity contribution in [2.24, 2.45) is 0 Å². The van der Waals surface area contributed by atoms with Gasteiger partial charge in [-0.25, -0.2) is 9.18 Å². The van der Waals surface area contributed by atoms with Gasteiger partial charge in [-0.3, -0.25) is 4.79 Å². The Hall–Kier alpha value is -2.60. The molecule has 0 bridgehead atoms. The normalized spacial score (nSPS) is 16.8. The zero-order valence-corrected chi connectivity index (χ0v) is 14.3. The van der Waals surface area contributed by atoms with E-state index in [9.17, 15) is 14.0 Å². The minimum atomic E-state index is -0.473. The van der Waals surface area contributed by atoms with E-state index >= 15 is 0 Å². The molecule has 2 N–H and O–H groups in total. The summed E-state index contributed by atoms with van der Waals surface area (Å²) in [5.74, 6) is -0.461. The number of urea groups is 1. The molecule has 0 aromatic heterocycles. The number of carbonyl (C=O) groups excluding carboxylic acids is 2. The summed E-state index contributed by atoms with van der Waals surface area (Å²) in [4.78, 5) is 25.8. The number of nitrogens with one attached hydrogen (secondary N) is 2. The topological polar surface area (TPSA) is 61.4 Å². The second-order valence-electron chi connectivity index (χ2n) is 5.94. The van der Waals surface area contributed by atoms with Crippen molar-refractivity contribution in [2.45, 2.75) is 19.4 Å².